The third-order valence-corrected chi connectivity index (χ3v) is 7.31. The fraction of sp³-hybridized carbons (Fsp3) is 0.778. The lowest BCUT2D eigenvalue weighted by Gasteiger charge is -2.17. The SMILES string of the molecule is Cc1ccn(CCCCCCCCCCCCCCCC2CC3C=CC2C3)c1. The first kappa shape index (κ1) is 21.7. The Labute approximate surface area is 175 Å². The van der Waals surface area contributed by atoms with Crippen molar-refractivity contribution in [1.29, 1.82) is 0 Å². The van der Waals surface area contributed by atoms with Gasteiger partial charge in [0, 0.05) is 18.9 Å². The highest BCUT2D eigenvalue weighted by Crippen LogP contribution is 2.45. The predicted octanol–water partition coefficient (Wildman–Crippen LogP) is 8.47. The summed E-state index contributed by atoms with van der Waals surface area (Å²) in [7, 11) is 0. The Morgan fingerprint density at radius 3 is 1.86 bits per heavy atom. The predicted molar refractivity (Wildman–Crippen MR) is 123 cm³/mol. The number of unbranched alkanes of at least 4 members (excludes halogenated alkanes) is 12. The highest BCUT2D eigenvalue weighted by atomic mass is 14.9. The molecule has 2 aliphatic carbocycles. The number of hydrogen-bond donors (Lipinski definition) is 0. The van der Waals surface area contributed by atoms with Gasteiger partial charge in [-0.25, -0.2) is 0 Å². The van der Waals surface area contributed by atoms with Crippen molar-refractivity contribution in [3.63, 3.8) is 0 Å². The van der Waals surface area contributed by atoms with Gasteiger partial charge in [-0.3, -0.25) is 0 Å². The van der Waals surface area contributed by atoms with Crippen LogP contribution >= 0.6 is 0 Å². The number of rotatable bonds is 16. The molecule has 3 rings (SSSR count). The van der Waals surface area contributed by atoms with Crippen LogP contribution in [-0.2, 0) is 6.54 Å². The standard InChI is InChI=1S/C27H45N/c1-24-18-20-28(23-24)19-14-12-10-8-6-4-2-3-5-7-9-11-13-15-26-21-25-16-17-27(26)22-25/h16-18,20,23,25-27H,2-15,19,21-22H2,1H3. The molecule has 1 fully saturated rings. The van der Waals surface area contributed by atoms with Crippen LogP contribution in [0.25, 0.3) is 0 Å². The Morgan fingerprint density at radius 2 is 1.36 bits per heavy atom. The van der Waals surface area contributed by atoms with Crippen LogP contribution in [0, 0.1) is 24.7 Å². The molecule has 2 bridgehead atoms. The van der Waals surface area contributed by atoms with Crippen LogP contribution in [0.2, 0.25) is 0 Å². The molecule has 1 nitrogen and oxygen atoms in total. The maximum absolute atomic E-state index is 2.52. The van der Waals surface area contributed by atoms with Crippen LogP contribution in [0.1, 0.15) is 108 Å². The molecule has 1 aromatic heterocycles. The van der Waals surface area contributed by atoms with Gasteiger partial charge in [0.15, 0.2) is 0 Å². The monoisotopic (exact) mass is 383 g/mol. The number of nitrogens with zero attached hydrogens (tertiary/aromatic N) is 1. The van der Waals surface area contributed by atoms with E-state index in [1.54, 1.807) is 0 Å². The maximum Gasteiger partial charge on any atom is 0.0219 e. The first-order chi connectivity index (χ1) is 13.8. The van der Waals surface area contributed by atoms with Gasteiger partial charge in [-0.2, -0.15) is 0 Å². The normalized spacial score (nSPS) is 23.1. The Bertz CT molecular complexity index is 554. The van der Waals surface area contributed by atoms with E-state index in [1.807, 2.05) is 0 Å². The number of aryl methyl sites for hydroxylation is 2. The fourth-order valence-electron chi connectivity index (χ4n) is 5.57. The molecule has 0 aliphatic heterocycles. The molecular formula is C27H45N. The lowest BCUT2D eigenvalue weighted by Crippen LogP contribution is -2.06. The van der Waals surface area contributed by atoms with E-state index < -0.39 is 0 Å². The van der Waals surface area contributed by atoms with Gasteiger partial charge in [0.05, 0.1) is 0 Å². The number of hydrogen-bond acceptors (Lipinski definition) is 0. The average Bonchev–Trinajstić information content (AvgIpc) is 3.42. The number of fused-ring (bicyclic) bond motifs is 2. The topological polar surface area (TPSA) is 4.93 Å². The van der Waals surface area contributed by atoms with E-state index in [0.717, 1.165) is 17.8 Å². The van der Waals surface area contributed by atoms with Gasteiger partial charge in [0.25, 0.3) is 0 Å². The molecule has 1 heteroatoms. The number of allylic oxidation sites excluding steroid dienone is 2. The first-order valence-electron chi connectivity index (χ1n) is 12.6. The molecule has 3 atom stereocenters. The van der Waals surface area contributed by atoms with Crippen LogP contribution in [0.5, 0.6) is 0 Å². The fourth-order valence-corrected chi connectivity index (χ4v) is 5.57. The van der Waals surface area contributed by atoms with Gasteiger partial charge in [-0.1, -0.05) is 89.2 Å². The van der Waals surface area contributed by atoms with Crippen LogP contribution in [0.3, 0.4) is 0 Å². The maximum atomic E-state index is 2.52. The highest BCUT2D eigenvalue weighted by Gasteiger charge is 2.34. The van der Waals surface area contributed by atoms with E-state index in [1.165, 1.54) is 115 Å². The van der Waals surface area contributed by atoms with Crippen molar-refractivity contribution >= 4 is 0 Å². The van der Waals surface area contributed by atoms with Crippen LogP contribution in [-0.4, -0.2) is 4.57 Å². The first-order valence-corrected chi connectivity index (χ1v) is 12.6. The summed E-state index contributed by atoms with van der Waals surface area (Å²) >= 11 is 0. The summed E-state index contributed by atoms with van der Waals surface area (Å²) in [5, 5.41) is 0. The molecule has 2 aliphatic rings. The molecule has 0 N–H and O–H groups in total. The molecule has 1 aromatic rings. The Hall–Kier alpha value is -0.980. The minimum atomic E-state index is 0.962. The lowest BCUT2D eigenvalue weighted by atomic mass is 9.88. The Balaban J connectivity index is 1.01. The zero-order valence-electron chi connectivity index (χ0n) is 18.6. The number of aromatic nitrogens is 1. The molecular weight excluding hydrogens is 338 g/mol. The van der Waals surface area contributed by atoms with Gasteiger partial charge >= 0.3 is 0 Å². The molecule has 0 aromatic carbocycles. The zero-order chi connectivity index (χ0) is 19.4. The lowest BCUT2D eigenvalue weighted by molar-refractivity contribution is 0.393. The molecule has 158 valence electrons. The molecule has 0 amide bonds. The summed E-state index contributed by atoms with van der Waals surface area (Å²) in [6, 6.07) is 2.21. The molecule has 1 saturated carbocycles. The van der Waals surface area contributed by atoms with Crippen molar-refractivity contribution in [3.05, 3.63) is 36.2 Å². The van der Waals surface area contributed by atoms with Gasteiger partial charge < -0.3 is 4.57 Å². The third kappa shape index (κ3) is 7.80. The largest absolute Gasteiger partial charge is 0.354 e. The minimum Gasteiger partial charge on any atom is -0.354 e. The molecule has 28 heavy (non-hydrogen) atoms. The molecule has 1 heterocycles. The van der Waals surface area contributed by atoms with Crippen molar-refractivity contribution in [1.82, 2.24) is 4.57 Å². The van der Waals surface area contributed by atoms with Crippen LogP contribution in [0.4, 0.5) is 0 Å². The summed E-state index contributed by atoms with van der Waals surface area (Å²) in [4.78, 5) is 0. The zero-order valence-corrected chi connectivity index (χ0v) is 18.6. The van der Waals surface area contributed by atoms with E-state index in [0.29, 0.717) is 0 Å². The second-order valence-corrected chi connectivity index (χ2v) is 9.85. The van der Waals surface area contributed by atoms with E-state index in [2.05, 4.69) is 42.1 Å². The minimum absolute atomic E-state index is 0.962. The van der Waals surface area contributed by atoms with Crippen molar-refractivity contribution in [2.75, 3.05) is 0 Å². The molecule has 0 radical (unpaired) electrons. The quantitative estimate of drug-likeness (QED) is 0.199. The van der Waals surface area contributed by atoms with Crippen LogP contribution in [0.15, 0.2) is 30.6 Å². The van der Waals surface area contributed by atoms with Gasteiger partial charge in [0.1, 0.15) is 0 Å². The second-order valence-electron chi connectivity index (χ2n) is 9.85. The van der Waals surface area contributed by atoms with Gasteiger partial charge in [-0.15, -0.1) is 0 Å². The van der Waals surface area contributed by atoms with E-state index >= 15 is 0 Å². The van der Waals surface area contributed by atoms with Crippen molar-refractivity contribution < 1.29 is 0 Å². The average molecular weight is 384 g/mol. The highest BCUT2D eigenvalue weighted by molar-refractivity contribution is 5.09. The molecule has 0 spiro atoms. The Morgan fingerprint density at radius 1 is 0.750 bits per heavy atom. The summed E-state index contributed by atoms with van der Waals surface area (Å²) in [5.41, 5.74) is 1.38. The molecule has 0 saturated heterocycles. The summed E-state index contributed by atoms with van der Waals surface area (Å²) < 4.78 is 2.34. The van der Waals surface area contributed by atoms with Crippen LogP contribution < -0.4 is 0 Å². The van der Waals surface area contributed by atoms with E-state index in [9.17, 15) is 0 Å². The Kier molecular flexibility index (Phi) is 9.74. The third-order valence-electron chi connectivity index (χ3n) is 7.31. The van der Waals surface area contributed by atoms with Gasteiger partial charge in [-0.05, 0) is 62.0 Å². The summed E-state index contributed by atoms with van der Waals surface area (Å²) in [5.74, 6) is 2.98. The van der Waals surface area contributed by atoms with Gasteiger partial charge in [0.2, 0.25) is 0 Å². The second kappa shape index (κ2) is 12.6. The smallest absolute Gasteiger partial charge is 0.0219 e. The molecule has 3 unspecified atom stereocenters. The van der Waals surface area contributed by atoms with Crippen molar-refractivity contribution in [2.24, 2.45) is 17.8 Å². The summed E-state index contributed by atoms with van der Waals surface area (Å²) in [6.07, 6.45) is 32.9. The van der Waals surface area contributed by atoms with Crippen molar-refractivity contribution in [2.45, 2.75) is 116 Å². The summed E-state index contributed by atoms with van der Waals surface area (Å²) in [6.45, 7) is 3.38. The van der Waals surface area contributed by atoms with E-state index in [4.69, 9.17) is 0 Å². The van der Waals surface area contributed by atoms with E-state index in [-0.39, 0.29) is 0 Å². The van der Waals surface area contributed by atoms with Crippen molar-refractivity contribution in [3.8, 4) is 0 Å².